The minimum atomic E-state index is -0.123. The first-order chi connectivity index (χ1) is 12.1. The fourth-order valence-corrected chi connectivity index (χ4v) is 4.29. The number of aromatic nitrogens is 2. The van der Waals surface area contributed by atoms with Gasteiger partial charge < -0.3 is 15.0 Å². The van der Waals surface area contributed by atoms with Crippen molar-refractivity contribution in [3.63, 3.8) is 0 Å². The lowest BCUT2D eigenvalue weighted by Crippen LogP contribution is -2.66. The maximum absolute atomic E-state index is 12.4. The minimum absolute atomic E-state index is 0.123. The van der Waals surface area contributed by atoms with Crippen LogP contribution in [0, 0.1) is 12.8 Å². The summed E-state index contributed by atoms with van der Waals surface area (Å²) in [5.74, 6) is 1.26. The lowest BCUT2D eigenvalue weighted by Gasteiger charge is -2.52. The van der Waals surface area contributed by atoms with Crippen molar-refractivity contribution in [1.82, 2.24) is 14.9 Å². The van der Waals surface area contributed by atoms with E-state index in [4.69, 9.17) is 4.74 Å². The zero-order valence-electron chi connectivity index (χ0n) is 14.3. The molecule has 0 aliphatic carbocycles. The summed E-state index contributed by atoms with van der Waals surface area (Å²) >= 11 is 1.56. The molecule has 1 unspecified atom stereocenters. The third-order valence-corrected chi connectivity index (χ3v) is 5.93. The number of aryl methyl sites for hydroxylation is 1. The summed E-state index contributed by atoms with van der Waals surface area (Å²) in [4.78, 5) is 24.7. The number of hydrogen-bond acceptors (Lipinski definition) is 6. The van der Waals surface area contributed by atoms with Gasteiger partial charge in [0, 0.05) is 23.8 Å². The molecule has 0 bridgehead atoms. The van der Waals surface area contributed by atoms with Gasteiger partial charge in [-0.2, -0.15) is 0 Å². The van der Waals surface area contributed by atoms with E-state index in [9.17, 15) is 4.79 Å². The van der Waals surface area contributed by atoms with Crippen LogP contribution in [0.5, 0.6) is 0 Å². The number of carbonyl (C=O) groups excluding carboxylic acids is 1. The van der Waals surface area contributed by atoms with E-state index in [0.29, 0.717) is 25.0 Å². The molecular weight excluding hydrogens is 336 g/mol. The zero-order chi connectivity index (χ0) is 17.3. The first-order valence-corrected chi connectivity index (χ1v) is 9.46. The fourth-order valence-electron chi connectivity index (χ4n) is 3.45. The molecule has 1 N–H and O–H groups in total. The van der Waals surface area contributed by atoms with Crippen LogP contribution in [0.4, 0.5) is 5.95 Å². The largest absolute Gasteiger partial charge is 0.371 e. The SMILES string of the molecule is Cc1ccc(C(=O)N2CC3(CCC(CNc4ncccn4)CO3)C2)s1. The van der Waals surface area contributed by atoms with Gasteiger partial charge in [0.2, 0.25) is 5.95 Å². The van der Waals surface area contributed by atoms with Crippen molar-refractivity contribution >= 4 is 23.2 Å². The number of likely N-dealkylation sites (tertiary alicyclic amines) is 1. The van der Waals surface area contributed by atoms with Gasteiger partial charge in [0.25, 0.3) is 5.91 Å². The van der Waals surface area contributed by atoms with E-state index in [1.807, 2.05) is 24.0 Å². The van der Waals surface area contributed by atoms with Crippen molar-refractivity contribution in [2.45, 2.75) is 25.4 Å². The zero-order valence-corrected chi connectivity index (χ0v) is 15.1. The molecule has 2 aromatic heterocycles. The average Bonchev–Trinajstić information content (AvgIpc) is 3.05. The highest BCUT2D eigenvalue weighted by atomic mass is 32.1. The predicted molar refractivity (Wildman–Crippen MR) is 96.9 cm³/mol. The van der Waals surface area contributed by atoms with Gasteiger partial charge in [0.15, 0.2) is 0 Å². The van der Waals surface area contributed by atoms with Crippen molar-refractivity contribution < 1.29 is 9.53 Å². The summed E-state index contributed by atoms with van der Waals surface area (Å²) < 4.78 is 6.15. The molecule has 6 nitrogen and oxygen atoms in total. The quantitative estimate of drug-likeness (QED) is 0.910. The summed E-state index contributed by atoms with van der Waals surface area (Å²) in [5.41, 5.74) is -0.123. The molecule has 2 aliphatic rings. The van der Waals surface area contributed by atoms with Gasteiger partial charge in [-0.15, -0.1) is 11.3 Å². The monoisotopic (exact) mass is 358 g/mol. The van der Waals surface area contributed by atoms with Crippen molar-refractivity contribution in [3.8, 4) is 0 Å². The van der Waals surface area contributed by atoms with Crippen LogP contribution < -0.4 is 5.32 Å². The Bertz CT molecular complexity index is 733. The van der Waals surface area contributed by atoms with Crippen LogP contribution in [0.15, 0.2) is 30.6 Å². The average molecular weight is 358 g/mol. The molecule has 25 heavy (non-hydrogen) atoms. The number of carbonyl (C=O) groups is 1. The Kier molecular flexibility index (Phi) is 4.43. The number of rotatable bonds is 4. The molecule has 2 aliphatic heterocycles. The minimum Gasteiger partial charge on any atom is -0.371 e. The van der Waals surface area contributed by atoms with Crippen molar-refractivity contribution in [3.05, 3.63) is 40.3 Å². The summed E-state index contributed by atoms with van der Waals surface area (Å²) in [6.45, 7) is 4.99. The normalized spacial score (nSPS) is 21.8. The molecule has 4 rings (SSSR count). The van der Waals surface area contributed by atoms with E-state index >= 15 is 0 Å². The number of anilines is 1. The molecule has 2 fully saturated rings. The van der Waals surface area contributed by atoms with Crippen LogP contribution in [0.2, 0.25) is 0 Å². The first kappa shape index (κ1) is 16.5. The molecule has 0 aromatic carbocycles. The molecule has 132 valence electrons. The highest BCUT2D eigenvalue weighted by Crippen LogP contribution is 2.37. The molecule has 7 heteroatoms. The summed E-state index contributed by atoms with van der Waals surface area (Å²) in [5, 5.41) is 3.26. The van der Waals surface area contributed by atoms with E-state index in [-0.39, 0.29) is 11.5 Å². The highest BCUT2D eigenvalue weighted by molar-refractivity contribution is 7.13. The van der Waals surface area contributed by atoms with Crippen LogP contribution in [-0.2, 0) is 4.74 Å². The standard InChI is InChI=1S/C18H22N4O2S/c1-13-3-4-15(25-13)16(23)22-11-18(12-22)6-5-14(10-24-18)9-21-17-19-7-2-8-20-17/h2-4,7-8,14H,5-6,9-12H2,1H3,(H,19,20,21). The van der Waals surface area contributed by atoms with Gasteiger partial charge >= 0.3 is 0 Å². The Morgan fingerprint density at radius 2 is 2.20 bits per heavy atom. The Hall–Kier alpha value is -1.99. The molecule has 1 spiro atoms. The van der Waals surface area contributed by atoms with E-state index in [1.54, 1.807) is 29.8 Å². The van der Waals surface area contributed by atoms with Gasteiger partial charge in [0.05, 0.1) is 24.6 Å². The van der Waals surface area contributed by atoms with Crippen LogP contribution >= 0.6 is 11.3 Å². The van der Waals surface area contributed by atoms with Crippen molar-refractivity contribution in [2.75, 3.05) is 31.6 Å². The molecule has 2 saturated heterocycles. The lowest BCUT2D eigenvalue weighted by atomic mass is 9.83. The van der Waals surface area contributed by atoms with Crippen LogP contribution in [0.25, 0.3) is 0 Å². The Balaban J connectivity index is 1.24. The lowest BCUT2D eigenvalue weighted by molar-refractivity contribution is -0.165. The Labute approximate surface area is 151 Å². The third-order valence-electron chi connectivity index (χ3n) is 4.94. The second kappa shape index (κ2) is 6.72. The molecule has 4 heterocycles. The number of nitrogens with zero attached hydrogens (tertiary/aromatic N) is 3. The third kappa shape index (κ3) is 3.52. The molecule has 2 aromatic rings. The molecule has 0 saturated carbocycles. The highest BCUT2D eigenvalue weighted by Gasteiger charge is 2.48. The van der Waals surface area contributed by atoms with Crippen molar-refractivity contribution in [2.24, 2.45) is 5.92 Å². The fraction of sp³-hybridized carbons (Fsp3) is 0.500. The molecule has 1 atom stereocenters. The topological polar surface area (TPSA) is 67.4 Å². The van der Waals surface area contributed by atoms with E-state index in [2.05, 4.69) is 15.3 Å². The molecule has 1 amide bonds. The van der Waals surface area contributed by atoms with E-state index < -0.39 is 0 Å². The number of hydrogen-bond donors (Lipinski definition) is 1. The van der Waals surface area contributed by atoms with Crippen LogP contribution in [0.1, 0.15) is 27.4 Å². The maximum atomic E-state index is 12.4. The molecular formula is C18H22N4O2S. The van der Waals surface area contributed by atoms with E-state index in [1.165, 1.54) is 4.88 Å². The molecule has 0 radical (unpaired) electrons. The maximum Gasteiger partial charge on any atom is 0.264 e. The van der Waals surface area contributed by atoms with Gasteiger partial charge in [-0.1, -0.05) is 0 Å². The number of amides is 1. The summed E-state index contributed by atoms with van der Waals surface area (Å²) in [6.07, 6.45) is 5.57. The van der Waals surface area contributed by atoms with E-state index in [0.717, 1.165) is 30.9 Å². The van der Waals surface area contributed by atoms with Crippen molar-refractivity contribution in [1.29, 1.82) is 0 Å². The van der Waals surface area contributed by atoms with Gasteiger partial charge in [-0.05, 0) is 43.9 Å². The van der Waals surface area contributed by atoms with Gasteiger partial charge in [-0.25, -0.2) is 9.97 Å². The first-order valence-electron chi connectivity index (χ1n) is 8.64. The second-order valence-electron chi connectivity index (χ2n) is 6.92. The van der Waals surface area contributed by atoms with Crippen LogP contribution in [-0.4, -0.2) is 52.6 Å². The van der Waals surface area contributed by atoms with Gasteiger partial charge in [-0.3, -0.25) is 4.79 Å². The second-order valence-corrected chi connectivity index (χ2v) is 8.21. The predicted octanol–water partition coefficient (Wildman–Crippen LogP) is 2.58. The smallest absolute Gasteiger partial charge is 0.264 e. The Morgan fingerprint density at radius 1 is 1.40 bits per heavy atom. The number of thiophene rings is 1. The summed E-state index contributed by atoms with van der Waals surface area (Å²) in [7, 11) is 0. The van der Waals surface area contributed by atoms with Crippen LogP contribution in [0.3, 0.4) is 0 Å². The van der Waals surface area contributed by atoms with Gasteiger partial charge in [0.1, 0.15) is 5.60 Å². The number of ether oxygens (including phenoxy) is 1. The number of nitrogens with one attached hydrogen (secondary N) is 1. The summed E-state index contributed by atoms with van der Waals surface area (Å²) in [6, 6.07) is 5.72. The Morgan fingerprint density at radius 3 is 2.84 bits per heavy atom.